The van der Waals surface area contributed by atoms with Crippen molar-refractivity contribution in [2.24, 2.45) is 0 Å². The predicted molar refractivity (Wildman–Crippen MR) is 77.7 cm³/mol. The van der Waals surface area contributed by atoms with Crippen molar-refractivity contribution in [1.29, 1.82) is 0 Å². The molecule has 0 unspecified atom stereocenters. The topological polar surface area (TPSA) is 80.9 Å². The maximum atomic E-state index is 11.1. The van der Waals surface area contributed by atoms with Crippen LogP contribution in [-0.4, -0.2) is 30.8 Å². The SMILES string of the molecule is CC(C)c1nc(C(=O)O)nn1-c1ccc2ncccc2c1. The van der Waals surface area contributed by atoms with Crippen LogP contribution in [-0.2, 0) is 0 Å². The van der Waals surface area contributed by atoms with Crippen molar-refractivity contribution in [3.63, 3.8) is 0 Å². The molecule has 106 valence electrons. The fourth-order valence-electron chi connectivity index (χ4n) is 2.17. The van der Waals surface area contributed by atoms with Gasteiger partial charge in [-0.3, -0.25) is 4.98 Å². The highest BCUT2D eigenvalue weighted by Crippen LogP contribution is 2.20. The Kier molecular flexibility index (Phi) is 3.13. The standard InChI is InChI=1S/C15H14N4O2/c1-9(2)14-17-13(15(20)21)18-19(14)11-5-6-12-10(8-11)4-3-7-16-12/h3-9H,1-2H3,(H,20,21). The summed E-state index contributed by atoms with van der Waals surface area (Å²) in [5.41, 5.74) is 1.66. The number of aromatic nitrogens is 4. The first-order chi connectivity index (χ1) is 10.1. The quantitative estimate of drug-likeness (QED) is 0.798. The van der Waals surface area contributed by atoms with Gasteiger partial charge >= 0.3 is 5.97 Å². The lowest BCUT2D eigenvalue weighted by Gasteiger charge is -2.08. The van der Waals surface area contributed by atoms with E-state index in [2.05, 4.69) is 15.1 Å². The van der Waals surface area contributed by atoms with Gasteiger partial charge < -0.3 is 5.11 Å². The zero-order valence-corrected chi connectivity index (χ0v) is 11.7. The van der Waals surface area contributed by atoms with E-state index in [1.807, 2.05) is 44.2 Å². The van der Waals surface area contributed by atoms with Gasteiger partial charge in [-0.15, -0.1) is 5.10 Å². The second kappa shape index (κ2) is 4.97. The summed E-state index contributed by atoms with van der Waals surface area (Å²) in [5.74, 6) is -0.631. The second-order valence-electron chi connectivity index (χ2n) is 5.05. The number of hydrogen-bond acceptors (Lipinski definition) is 4. The minimum absolute atomic E-state index is 0.0650. The van der Waals surface area contributed by atoms with E-state index >= 15 is 0 Å². The molecule has 0 spiro atoms. The third-order valence-corrected chi connectivity index (χ3v) is 3.17. The van der Waals surface area contributed by atoms with Crippen LogP contribution in [0.1, 0.15) is 36.2 Å². The van der Waals surface area contributed by atoms with Gasteiger partial charge in [0.2, 0.25) is 0 Å². The van der Waals surface area contributed by atoms with Gasteiger partial charge in [0.05, 0.1) is 11.2 Å². The molecule has 3 aromatic rings. The first kappa shape index (κ1) is 13.2. The summed E-state index contributed by atoms with van der Waals surface area (Å²) in [7, 11) is 0. The average Bonchev–Trinajstić information content (AvgIpc) is 2.92. The molecule has 3 rings (SSSR count). The van der Waals surface area contributed by atoms with Crippen LogP contribution in [0.3, 0.4) is 0 Å². The summed E-state index contributed by atoms with van der Waals surface area (Å²) in [5, 5.41) is 14.1. The Labute approximate surface area is 121 Å². The fraction of sp³-hybridized carbons (Fsp3) is 0.200. The third kappa shape index (κ3) is 2.35. The molecule has 1 N–H and O–H groups in total. The van der Waals surface area contributed by atoms with Crippen molar-refractivity contribution in [2.75, 3.05) is 0 Å². The molecule has 2 aromatic heterocycles. The second-order valence-corrected chi connectivity index (χ2v) is 5.05. The van der Waals surface area contributed by atoms with Gasteiger partial charge in [0.15, 0.2) is 0 Å². The monoisotopic (exact) mass is 282 g/mol. The lowest BCUT2D eigenvalue weighted by Crippen LogP contribution is -2.05. The summed E-state index contributed by atoms with van der Waals surface area (Å²) < 4.78 is 1.58. The maximum Gasteiger partial charge on any atom is 0.375 e. The van der Waals surface area contributed by atoms with Crippen LogP contribution in [0.15, 0.2) is 36.5 Å². The number of hydrogen-bond donors (Lipinski definition) is 1. The van der Waals surface area contributed by atoms with E-state index in [1.54, 1.807) is 10.9 Å². The van der Waals surface area contributed by atoms with E-state index in [0.717, 1.165) is 16.6 Å². The van der Waals surface area contributed by atoms with E-state index < -0.39 is 5.97 Å². The molecule has 1 aromatic carbocycles. The molecule has 21 heavy (non-hydrogen) atoms. The van der Waals surface area contributed by atoms with E-state index in [-0.39, 0.29) is 11.7 Å². The van der Waals surface area contributed by atoms with E-state index in [0.29, 0.717) is 5.82 Å². The number of benzene rings is 1. The molecule has 0 aliphatic rings. The highest BCUT2D eigenvalue weighted by atomic mass is 16.4. The number of fused-ring (bicyclic) bond motifs is 1. The molecule has 0 radical (unpaired) electrons. The predicted octanol–water partition coefficient (Wildman–Crippen LogP) is 2.64. The Morgan fingerprint density at radius 3 is 2.81 bits per heavy atom. The number of rotatable bonds is 3. The summed E-state index contributed by atoms with van der Waals surface area (Å²) in [4.78, 5) is 19.5. The third-order valence-electron chi connectivity index (χ3n) is 3.17. The molecule has 0 bridgehead atoms. The van der Waals surface area contributed by atoms with Gasteiger partial charge in [0.1, 0.15) is 5.82 Å². The molecule has 6 nitrogen and oxygen atoms in total. The lowest BCUT2D eigenvalue weighted by atomic mass is 10.2. The van der Waals surface area contributed by atoms with Crippen LogP contribution in [0.2, 0.25) is 0 Å². The van der Waals surface area contributed by atoms with Crippen molar-refractivity contribution >= 4 is 16.9 Å². The Morgan fingerprint density at radius 1 is 1.29 bits per heavy atom. The van der Waals surface area contributed by atoms with Crippen molar-refractivity contribution in [3.05, 3.63) is 48.2 Å². The molecule has 0 atom stereocenters. The molecular formula is C15H14N4O2. The summed E-state index contributed by atoms with van der Waals surface area (Å²) >= 11 is 0. The molecule has 0 saturated heterocycles. The Bertz CT molecular complexity index is 823. The number of pyridine rings is 1. The molecule has 0 saturated carbocycles. The first-order valence-electron chi connectivity index (χ1n) is 6.61. The van der Waals surface area contributed by atoms with Gasteiger partial charge in [-0.2, -0.15) is 0 Å². The first-order valence-corrected chi connectivity index (χ1v) is 6.61. The van der Waals surface area contributed by atoms with Crippen LogP contribution in [0.25, 0.3) is 16.6 Å². The zero-order chi connectivity index (χ0) is 15.0. The molecule has 0 aliphatic heterocycles. The lowest BCUT2D eigenvalue weighted by molar-refractivity contribution is 0.0683. The fourth-order valence-corrected chi connectivity index (χ4v) is 2.17. The molecule has 0 fully saturated rings. The normalized spacial score (nSPS) is 11.2. The van der Waals surface area contributed by atoms with E-state index in [4.69, 9.17) is 5.11 Å². The smallest absolute Gasteiger partial charge is 0.375 e. The number of carbonyl (C=O) groups is 1. The molecular weight excluding hydrogens is 268 g/mol. The van der Waals surface area contributed by atoms with Crippen LogP contribution in [0, 0.1) is 0 Å². The minimum atomic E-state index is -1.13. The molecule has 0 amide bonds. The highest BCUT2D eigenvalue weighted by molar-refractivity contribution is 5.83. The Morgan fingerprint density at radius 2 is 2.10 bits per heavy atom. The molecule has 2 heterocycles. The van der Waals surface area contributed by atoms with Crippen molar-refractivity contribution in [1.82, 2.24) is 19.7 Å². The maximum absolute atomic E-state index is 11.1. The van der Waals surface area contributed by atoms with Crippen LogP contribution >= 0.6 is 0 Å². The van der Waals surface area contributed by atoms with E-state index in [1.165, 1.54) is 0 Å². The summed E-state index contributed by atoms with van der Waals surface area (Å²) in [6.45, 7) is 3.91. The number of carboxylic acid groups (broad SMARTS) is 1. The van der Waals surface area contributed by atoms with Crippen molar-refractivity contribution < 1.29 is 9.90 Å². The zero-order valence-electron chi connectivity index (χ0n) is 11.7. The molecule has 0 aliphatic carbocycles. The van der Waals surface area contributed by atoms with Gasteiger partial charge in [0.25, 0.3) is 5.82 Å². The summed E-state index contributed by atoms with van der Waals surface area (Å²) in [6, 6.07) is 9.49. The van der Waals surface area contributed by atoms with Gasteiger partial charge in [-0.1, -0.05) is 19.9 Å². The van der Waals surface area contributed by atoms with Crippen LogP contribution in [0.5, 0.6) is 0 Å². The van der Waals surface area contributed by atoms with E-state index in [9.17, 15) is 4.79 Å². The van der Waals surface area contributed by atoms with Gasteiger partial charge in [-0.05, 0) is 24.3 Å². The Hall–Kier alpha value is -2.76. The highest BCUT2D eigenvalue weighted by Gasteiger charge is 2.18. The number of nitrogens with zero attached hydrogens (tertiary/aromatic N) is 4. The minimum Gasteiger partial charge on any atom is -0.475 e. The van der Waals surface area contributed by atoms with Crippen molar-refractivity contribution in [2.45, 2.75) is 19.8 Å². The average molecular weight is 282 g/mol. The number of carboxylic acids is 1. The van der Waals surface area contributed by atoms with Crippen LogP contribution < -0.4 is 0 Å². The van der Waals surface area contributed by atoms with Gasteiger partial charge in [0, 0.05) is 17.5 Å². The number of aromatic carboxylic acids is 1. The van der Waals surface area contributed by atoms with Gasteiger partial charge in [-0.25, -0.2) is 14.5 Å². The molecule has 6 heteroatoms. The largest absolute Gasteiger partial charge is 0.475 e. The van der Waals surface area contributed by atoms with Crippen LogP contribution in [0.4, 0.5) is 0 Å². The summed E-state index contributed by atoms with van der Waals surface area (Å²) in [6.07, 6.45) is 1.74. The van der Waals surface area contributed by atoms with Crippen molar-refractivity contribution in [3.8, 4) is 5.69 Å². The Balaban J connectivity index is 2.19.